The minimum absolute atomic E-state index is 0.0144. The molecule has 13 heteroatoms. The van der Waals surface area contributed by atoms with Gasteiger partial charge >= 0.3 is 0 Å². The summed E-state index contributed by atoms with van der Waals surface area (Å²) in [6.07, 6.45) is 9.17. The van der Waals surface area contributed by atoms with Crippen LogP contribution in [0.25, 0.3) is 0 Å². The number of likely N-dealkylation sites (tertiary alicyclic amines) is 2. The topological polar surface area (TPSA) is 143 Å². The zero-order valence-electron chi connectivity index (χ0n) is 39.8. The van der Waals surface area contributed by atoms with E-state index in [4.69, 9.17) is 9.47 Å². The lowest BCUT2D eigenvalue weighted by Crippen LogP contribution is -2.60. The molecule has 0 unspecified atom stereocenters. The number of fused-ring (bicyclic) bond motifs is 2. The number of piperidine rings is 1. The number of ether oxygens (including phenoxy) is 2. The van der Waals surface area contributed by atoms with Gasteiger partial charge in [-0.15, -0.1) is 0 Å². The molecular formula is C50H79BrN4O8. The molecule has 1 aromatic rings. The quantitative estimate of drug-likeness (QED) is 0.0704. The standard InChI is InChI=1S/C50H79BrN4O8/c1-10-34(5)46(42(62-8)30-44(59)54-26-18-22-40(54)48(63-9)35(6)41(57)28-33(4)27-36-19-14-13-15-20-36)53(7)50(61)45(32(2)3)52-49(60)47-37-24-25-38(29-37)55(47)43(58)23-17-12-11-16-21-39(56)31-51/h13-15,19-20,32-35,37-38,40,42,45-48H,10-12,16-18,21-31H2,1-9H3,(H,52,60)/t33-,34+,35+,37+,38+,40+,42-,45+,46+,47+,48-/m1/s1. The first-order valence-corrected chi connectivity index (χ1v) is 25.1. The Morgan fingerprint density at radius 2 is 1.56 bits per heavy atom. The fourth-order valence-corrected chi connectivity index (χ4v) is 11.0. The Kier molecular flexibility index (Phi) is 21.2. The molecule has 354 valence electrons. The first-order chi connectivity index (χ1) is 30.1. The first-order valence-electron chi connectivity index (χ1n) is 24.0. The summed E-state index contributed by atoms with van der Waals surface area (Å²) in [4.78, 5) is 87.5. The van der Waals surface area contributed by atoms with Crippen LogP contribution in [0.5, 0.6) is 0 Å². The van der Waals surface area contributed by atoms with Gasteiger partial charge in [0.25, 0.3) is 0 Å². The van der Waals surface area contributed by atoms with Gasteiger partial charge in [0.1, 0.15) is 23.7 Å². The van der Waals surface area contributed by atoms with E-state index < -0.39 is 36.3 Å². The molecular weight excluding hydrogens is 864 g/mol. The highest BCUT2D eigenvalue weighted by Gasteiger charge is 2.52. The van der Waals surface area contributed by atoms with Gasteiger partial charge in [0, 0.05) is 59.0 Å². The molecule has 4 amide bonds. The SMILES string of the molecule is CC[C@H](C)[C@@H]([C@@H](CC(=O)N1CCC[C@H]1[C@H](OC)[C@@H](C)C(=O)C[C@H](C)Cc1ccccc1)OC)N(C)C(=O)[C@@H](NC(=O)[C@@H]1[C@H]2CC[C@@H](C2)N1C(=O)CCCCCCC(=O)CBr)C(C)C. The number of rotatable bonds is 27. The Labute approximate surface area is 386 Å². The number of alkyl halides is 1. The van der Waals surface area contributed by atoms with Crippen LogP contribution in [0.4, 0.5) is 0 Å². The van der Waals surface area contributed by atoms with E-state index >= 15 is 0 Å². The van der Waals surface area contributed by atoms with Crippen LogP contribution in [0.1, 0.15) is 137 Å². The van der Waals surface area contributed by atoms with Gasteiger partial charge in [0.15, 0.2) is 0 Å². The lowest BCUT2D eigenvalue weighted by Gasteiger charge is -2.41. The molecule has 12 nitrogen and oxygen atoms in total. The maximum Gasteiger partial charge on any atom is 0.245 e. The first kappa shape index (κ1) is 52.5. The number of unbranched alkanes of at least 4 members (excludes halogenated alkanes) is 3. The van der Waals surface area contributed by atoms with Crippen molar-refractivity contribution in [2.24, 2.45) is 29.6 Å². The van der Waals surface area contributed by atoms with Crippen molar-refractivity contribution in [3.8, 4) is 0 Å². The summed E-state index contributed by atoms with van der Waals surface area (Å²) in [6.45, 7) is 12.5. The van der Waals surface area contributed by atoms with Gasteiger partial charge in [-0.05, 0) is 80.6 Å². The Bertz CT molecular complexity index is 1660. The number of nitrogens with zero attached hydrogens (tertiary/aromatic N) is 3. The summed E-state index contributed by atoms with van der Waals surface area (Å²) in [7, 11) is 4.95. The molecule has 0 spiro atoms. The van der Waals surface area contributed by atoms with Crippen molar-refractivity contribution in [3.63, 3.8) is 0 Å². The molecule has 2 bridgehead atoms. The highest BCUT2D eigenvalue weighted by Crippen LogP contribution is 2.43. The van der Waals surface area contributed by atoms with Gasteiger partial charge in [-0.3, -0.25) is 28.8 Å². The highest BCUT2D eigenvalue weighted by atomic mass is 79.9. The smallest absolute Gasteiger partial charge is 0.245 e. The molecule has 3 aliphatic rings. The number of halogens is 1. The molecule has 1 aromatic carbocycles. The predicted molar refractivity (Wildman–Crippen MR) is 250 cm³/mol. The number of methoxy groups -OCH3 is 2. The molecule has 4 rings (SSSR count). The van der Waals surface area contributed by atoms with E-state index in [0.717, 1.165) is 64.2 Å². The van der Waals surface area contributed by atoms with E-state index in [9.17, 15) is 28.8 Å². The van der Waals surface area contributed by atoms with Gasteiger partial charge in [0.2, 0.25) is 23.6 Å². The van der Waals surface area contributed by atoms with Crippen molar-refractivity contribution in [2.75, 3.05) is 33.1 Å². The van der Waals surface area contributed by atoms with E-state index in [1.807, 2.05) is 43.9 Å². The van der Waals surface area contributed by atoms with Gasteiger partial charge in [-0.2, -0.15) is 0 Å². The summed E-state index contributed by atoms with van der Waals surface area (Å²) in [5.41, 5.74) is 1.20. The van der Waals surface area contributed by atoms with Crippen molar-refractivity contribution in [1.82, 2.24) is 20.0 Å². The molecule has 2 aliphatic heterocycles. The molecule has 1 saturated carbocycles. The van der Waals surface area contributed by atoms with Crippen molar-refractivity contribution < 1.29 is 38.2 Å². The van der Waals surface area contributed by atoms with Crippen LogP contribution in [-0.4, -0.2) is 125 Å². The number of benzene rings is 1. The zero-order valence-corrected chi connectivity index (χ0v) is 41.4. The van der Waals surface area contributed by atoms with Crippen molar-refractivity contribution in [2.45, 2.75) is 180 Å². The Morgan fingerprint density at radius 1 is 0.873 bits per heavy atom. The molecule has 0 radical (unpaired) electrons. The number of carbonyl (C=O) groups is 6. The molecule has 2 saturated heterocycles. The Hall–Kier alpha value is -3.16. The van der Waals surface area contributed by atoms with E-state index in [1.165, 1.54) is 5.56 Å². The van der Waals surface area contributed by atoms with Crippen LogP contribution in [-0.2, 0) is 44.7 Å². The summed E-state index contributed by atoms with van der Waals surface area (Å²) in [5, 5.41) is 3.49. The van der Waals surface area contributed by atoms with Gasteiger partial charge in [-0.1, -0.05) is 107 Å². The fourth-order valence-electron chi connectivity index (χ4n) is 10.8. The lowest BCUT2D eigenvalue weighted by atomic mass is 9.86. The number of likely N-dealkylation sites (N-methyl/N-ethyl adjacent to an activating group) is 1. The largest absolute Gasteiger partial charge is 0.379 e. The average Bonchev–Trinajstić information content (AvgIpc) is 4.04. The number of hydrogen-bond donors (Lipinski definition) is 1. The molecule has 0 aromatic heterocycles. The molecule has 3 fully saturated rings. The van der Waals surface area contributed by atoms with Crippen LogP contribution in [0, 0.1) is 29.6 Å². The van der Waals surface area contributed by atoms with Gasteiger partial charge in [0.05, 0.1) is 36.0 Å². The van der Waals surface area contributed by atoms with Crippen LogP contribution in [0.2, 0.25) is 0 Å². The van der Waals surface area contributed by atoms with Crippen LogP contribution in [0.15, 0.2) is 30.3 Å². The molecule has 2 heterocycles. The molecule has 1 aliphatic carbocycles. The predicted octanol–water partition coefficient (Wildman–Crippen LogP) is 7.57. The normalized spacial score (nSPS) is 22.9. The number of amides is 4. The summed E-state index contributed by atoms with van der Waals surface area (Å²) < 4.78 is 12.1. The second-order valence-corrected chi connectivity index (χ2v) is 19.9. The Morgan fingerprint density at radius 3 is 2.17 bits per heavy atom. The second kappa shape index (κ2) is 25.5. The van der Waals surface area contributed by atoms with Crippen LogP contribution >= 0.6 is 15.9 Å². The third-order valence-electron chi connectivity index (χ3n) is 14.4. The van der Waals surface area contributed by atoms with Crippen LogP contribution < -0.4 is 5.32 Å². The van der Waals surface area contributed by atoms with E-state index in [1.54, 1.807) is 31.1 Å². The number of carbonyl (C=O) groups excluding carboxylic acids is 6. The number of ketones is 2. The van der Waals surface area contributed by atoms with E-state index in [0.29, 0.717) is 37.6 Å². The number of Topliss-reactive ketones (excluding diaryl/α,β-unsaturated/α-hetero) is 2. The number of hydrogen-bond acceptors (Lipinski definition) is 8. The average molecular weight is 944 g/mol. The van der Waals surface area contributed by atoms with Crippen molar-refractivity contribution in [1.29, 1.82) is 0 Å². The van der Waals surface area contributed by atoms with E-state index in [-0.39, 0.29) is 77.4 Å². The van der Waals surface area contributed by atoms with Crippen LogP contribution in [0.3, 0.4) is 0 Å². The number of nitrogens with one attached hydrogen (secondary N) is 1. The summed E-state index contributed by atoms with van der Waals surface area (Å²) >= 11 is 3.21. The zero-order chi connectivity index (χ0) is 46.4. The highest BCUT2D eigenvalue weighted by molar-refractivity contribution is 9.09. The summed E-state index contributed by atoms with van der Waals surface area (Å²) in [6, 6.07) is 8.03. The van der Waals surface area contributed by atoms with Crippen molar-refractivity contribution >= 4 is 51.1 Å². The third kappa shape index (κ3) is 13.9. The molecule has 1 N–H and O–H groups in total. The fraction of sp³-hybridized carbons (Fsp3) is 0.760. The van der Waals surface area contributed by atoms with E-state index in [2.05, 4.69) is 54.2 Å². The van der Waals surface area contributed by atoms with Gasteiger partial charge < -0.3 is 29.5 Å². The minimum Gasteiger partial charge on any atom is -0.379 e. The third-order valence-corrected chi connectivity index (χ3v) is 15.1. The maximum atomic E-state index is 14.6. The minimum atomic E-state index is -0.847. The Balaban J connectivity index is 1.42. The lowest BCUT2D eigenvalue weighted by molar-refractivity contribution is -0.149. The monoisotopic (exact) mass is 943 g/mol. The van der Waals surface area contributed by atoms with Gasteiger partial charge in [-0.25, -0.2) is 0 Å². The van der Waals surface area contributed by atoms with Crippen molar-refractivity contribution in [3.05, 3.63) is 35.9 Å². The second-order valence-electron chi connectivity index (χ2n) is 19.3. The summed E-state index contributed by atoms with van der Waals surface area (Å²) in [5.74, 6) is -0.798. The molecule has 11 atom stereocenters. The molecule has 63 heavy (non-hydrogen) atoms. The maximum absolute atomic E-state index is 14.6.